The Balaban J connectivity index is 1.73. The first kappa shape index (κ1) is 25.9. The molecule has 0 fully saturated rings. The van der Waals surface area contributed by atoms with E-state index >= 15 is 0 Å². The van der Waals surface area contributed by atoms with Gasteiger partial charge < -0.3 is 29.6 Å². The van der Waals surface area contributed by atoms with Crippen LogP contribution in [0.3, 0.4) is 0 Å². The predicted molar refractivity (Wildman–Crippen MR) is 140 cm³/mol. The van der Waals surface area contributed by atoms with Gasteiger partial charge in [0.2, 0.25) is 5.91 Å². The first-order valence-corrected chi connectivity index (χ1v) is 11.0. The molecule has 0 aromatic heterocycles. The van der Waals surface area contributed by atoms with Crippen molar-refractivity contribution < 1.29 is 28.5 Å². The Morgan fingerprint density at radius 3 is 2.03 bits per heavy atom. The molecule has 3 aromatic rings. The molecular weight excluding hydrogens is 460 g/mol. The summed E-state index contributed by atoms with van der Waals surface area (Å²) in [7, 11) is 6.14. The minimum absolute atomic E-state index is 0.138. The molecule has 186 valence electrons. The van der Waals surface area contributed by atoms with Crippen molar-refractivity contribution in [2.24, 2.45) is 0 Å². The lowest BCUT2D eigenvalue weighted by Crippen LogP contribution is -2.08. The maximum absolute atomic E-state index is 12.6. The highest BCUT2D eigenvalue weighted by Crippen LogP contribution is 2.35. The number of carbonyl (C=O) groups excluding carboxylic acids is 2. The highest BCUT2D eigenvalue weighted by Gasteiger charge is 2.12. The summed E-state index contributed by atoms with van der Waals surface area (Å²) < 4.78 is 21.4. The number of ether oxygens (including phenoxy) is 4. The third-order valence-corrected chi connectivity index (χ3v) is 5.15. The Bertz CT molecular complexity index is 1240. The van der Waals surface area contributed by atoms with Crippen LogP contribution in [-0.4, -0.2) is 40.1 Å². The van der Waals surface area contributed by atoms with Crippen LogP contribution in [0, 0.1) is 0 Å². The van der Waals surface area contributed by atoms with Gasteiger partial charge in [-0.3, -0.25) is 9.59 Å². The Morgan fingerprint density at radius 2 is 1.42 bits per heavy atom. The smallest absolute Gasteiger partial charge is 0.248 e. The van der Waals surface area contributed by atoms with Crippen LogP contribution < -0.4 is 29.6 Å². The molecule has 0 aliphatic rings. The number of carbonyl (C=O) groups is 2. The monoisotopic (exact) mass is 488 g/mol. The van der Waals surface area contributed by atoms with Gasteiger partial charge in [0.25, 0.3) is 0 Å². The lowest BCUT2D eigenvalue weighted by atomic mass is 10.1. The number of allylic oxidation sites excluding steroid dienone is 1. The molecule has 0 bridgehead atoms. The maximum Gasteiger partial charge on any atom is 0.248 e. The zero-order chi connectivity index (χ0) is 25.9. The van der Waals surface area contributed by atoms with Gasteiger partial charge in [-0.2, -0.15) is 0 Å². The van der Waals surface area contributed by atoms with Crippen molar-refractivity contribution in [2.45, 2.75) is 0 Å². The van der Waals surface area contributed by atoms with Crippen molar-refractivity contribution in [3.63, 3.8) is 0 Å². The molecule has 0 unspecified atom stereocenters. The summed E-state index contributed by atoms with van der Waals surface area (Å²) in [4.78, 5) is 24.9. The number of rotatable bonds is 11. The van der Waals surface area contributed by atoms with Gasteiger partial charge in [-0.05, 0) is 24.3 Å². The SMILES string of the molecule is COc1cc(OC)c(/C=C/C(=O)Nc2ccc(OC)c(N/C=C\C(=O)c3ccccc3)c2)c(OC)c1. The Kier molecular flexibility index (Phi) is 9.11. The summed E-state index contributed by atoms with van der Waals surface area (Å²) in [5, 5.41) is 5.84. The second-order valence-electron chi connectivity index (χ2n) is 7.39. The van der Waals surface area contributed by atoms with Crippen LogP contribution in [-0.2, 0) is 4.79 Å². The molecule has 2 N–H and O–H groups in total. The molecule has 3 rings (SSSR count). The fourth-order valence-electron chi connectivity index (χ4n) is 3.34. The van der Waals surface area contributed by atoms with Crippen LogP contribution in [0.15, 0.2) is 79.0 Å². The molecule has 0 atom stereocenters. The van der Waals surface area contributed by atoms with Crippen molar-refractivity contribution in [3.8, 4) is 23.0 Å². The molecule has 8 heteroatoms. The standard InChI is InChI=1S/C28H28N2O6/c1-33-21-17-26(35-3)22(27(18-21)36-4)11-13-28(32)30-20-10-12-25(34-2)23(16-20)29-15-14-24(31)19-8-6-5-7-9-19/h5-18,29H,1-4H3,(H,30,32)/b13-11+,15-14-. The topological polar surface area (TPSA) is 95.1 Å². The van der Waals surface area contributed by atoms with E-state index in [0.717, 1.165) is 0 Å². The van der Waals surface area contributed by atoms with Crippen LogP contribution in [0.2, 0.25) is 0 Å². The van der Waals surface area contributed by atoms with Crippen molar-refractivity contribution in [3.05, 3.63) is 90.1 Å². The summed E-state index contributed by atoms with van der Waals surface area (Å²) in [6.07, 6.45) is 5.94. The van der Waals surface area contributed by atoms with E-state index in [9.17, 15) is 9.59 Å². The lowest BCUT2D eigenvalue weighted by Gasteiger charge is -2.13. The van der Waals surface area contributed by atoms with Gasteiger partial charge in [0.1, 0.15) is 23.0 Å². The normalized spacial score (nSPS) is 10.8. The van der Waals surface area contributed by atoms with Crippen LogP contribution in [0.4, 0.5) is 11.4 Å². The fourth-order valence-corrected chi connectivity index (χ4v) is 3.34. The lowest BCUT2D eigenvalue weighted by molar-refractivity contribution is -0.111. The van der Waals surface area contributed by atoms with Gasteiger partial charge >= 0.3 is 0 Å². The second kappa shape index (κ2) is 12.7. The first-order chi connectivity index (χ1) is 17.5. The summed E-state index contributed by atoms with van der Waals surface area (Å²) in [6.45, 7) is 0. The molecule has 36 heavy (non-hydrogen) atoms. The van der Waals surface area contributed by atoms with E-state index in [4.69, 9.17) is 18.9 Å². The number of hydrogen-bond acceptors (Lipinski definition) is 7. The number of hydrogen-bond donors (Lipinski definition) is 2. The quantitative estimate of drug-likeness (QED) is 0.284. The van der Waals surface area contributed by atoms with Gasteiger partial charge in [-0.1, -0.05) is 30.3 Å². The third kappa shape index (κ3) is 6.66. The van der Waals surface area contributed by atoms with Crippen LogP contribution in [0.1, 0.15) is 15.9 Å². The molecule has 0 aliphatic carbocycles. The number of methoxy groups -OCH3 is 4. The van der Waals surface area contributed by atoms with Crippen molar-refractivity contribution in [2.75, 3.05) is 39.1 Å². The maximum atomic E-state index is 12.6. The van der Waals surface area contributed by atoms with Crippen LogP contribution in [0.25, 0.3) is 6.08 Å². The minimum atomic E-state index is -0.360. The highest BCUT2D eigenvalue weighted by atomic mass is 16.5. The van der Waals surface area contributed by atoms with E-state index in [2.05, 4.69) is 10.6 Å². The van der Waals surface area contributed by atoms with Gasteiger partial charge in [-0.25, -0.2) is 0 Å². The van der Waals surface area contributed by atoms with Gasteiger partial charge in [0.15, 0.2) is 5.78 Å². The zero-order valence-electron chi connectivity index (χ0n) is 20.5. The number of nitrogens with one attached hydrogen (secondary N) is 2. The van der Waals surface area contributed by atoms with E-state index in [1.54, 1.807) is 67.8 Å². The number of ketones is 1. The molecule has 3 aromatic carbocycles. The van der Waals surface area contributed by atoms with E-state index in [1.807, 2.05) is 6.07 Å². The Hall–Kier alpha value is -4.72. The summed E-state index contributed by atoms with van der Waals surface area (Å²) in [5.74, 6) is 1.63. The molecule has 8 nitrogen and oxygen atoms in total. The van der Waals surface area contributed by atoms with E-state index in [0.29, 0.717) is 45.5 Å². The second-order valence-corrected chi connectivity index (χ2v) is 7.39. The van der Waals surface area contributed by atoms with Crippen LogP contribution in [0.5, 0.6) is 23.0 Å². The largest absolute Gasteiger partial charge is 0.496 e. The number of benzene rings is 3. The molecule has 0 aliphatic heterocycles. The van der Waals surface area contributed by atoms with Gasteiger partial charge in [0, 0.05) is 41.7 Å². The van der Waals surface area contributed by atoms with Crippen LogP contribution >= 0.6 is 0 Å². The van der Waals surface area contributed by atoms with Crippen molar-refractivity contribution in [1.29, 1.82) is 0 Å². The summed E-state index contributed by atoms with van der Waals surface area (Å²) >= 11 is 0. The Morgan fingerprint density at radius 1 is 0.750 bits per heavy atom. The highest BCUT2D eigenvalue weighted by molar-refractivity contribution is 6.05. The van der Waals surface area contributed by atoms with Gasteiger partial charge in [0.05, 0.1) is 39.7 Å². The average molecular weight is 489 g/mol. The molecule has 1 amide bonds. The van der Waals surface area contributed by atoms with E-state index in [1.165, 1.54) is 39.7 Å². The number of amides is 1. The molecule has 0 radical (unpaired) electrons. The van der Waals surface area contributed by atoms with E-state index < -0.39 is 0 Å². The molecule has 0 saturated heterocycles. The molecule has 0 saturated carbocycles. The fraction of sp³-hybridized carbons (Fsp3) is 0.143. The predicted octanol–water partition coefficient (Wildman–Crippen LogP) is 5.18. The van der Waals surface area contributed by atoms with Gasteiger partial charge in [-0.15, -0.1) is 0 Å². The number of anilines is 2. The third-order valence-electron chi connectivity index (χ3n) is 5.15. The summed E-state index contributed by atoms with van der Waals surface area (Å²) in [6, 6.07) is 17.5. The minimum Gasteiger partial charge on any atom is -0.496 e. The van der Waals surface area contributed by atoms with Crippen molar-refractivity contribution >= 4 is 29.1 Å². The van der Waals surface area contributed by atoms with E-state index in [-0.39, 0.29) is 11.7 Å². The summed E-state index contributed by atoms with van der Waals surface area (Å²) in [5.41, 5.74) is 2.29. The molecule has 0 heterocycles. The Labute approximate surface area is 210 Å². The first-order valence-electron chi connectivity index (χ1n) is 11.0. The molecular formula is C28H28N2O6. The zero-order valence-corrected chi connectivity index (χ0v) is 20.5. The van der Waals surface area contributed by atoms with Crippen molar-refractivity contribution in [1.82, 2.24) is 0 Å². The average Bonchev–Trinajstić information content (AvgIpc) is 2.91. The molecule has 0 spiro atoms.